The maximum atomic E-state index is 13.2. The summed E-state index contributed by atoms with van der Waals surface area (Å²) in [5.74, 6) is 0.126. The highest BCUT2D eigenvalue weighted by Crippen LogP contribution is 2.30. The van der Waals surface area contributed by atoms with Gasteiger partial charge in [0, 0.05) is 6.08 Å². The molecule has 1 aromatic carbocycles. The van der Waals surface area contributed by atoms with Gasteiger partial charge < -0.3 is 9.15 Å². The van der Waals surface area contributed by atoms with Crippen molar-refractivity contribution in [3.8, 4) is 0 Å². The molecular formula is C21H18N2O4S. The van der Waals surface area contributed by atoms with Crippen LogP contribution in [0.15, 0.2) is 74.2 Å². The fourth-order valence-electron chi connectivity index (χ4n) is 3.24. The Morgan fingerprint density at radius 1 is 1.29 bits per heavy atom. The molecule has 0 bridgehead atoms. The summed E-state index contributed by atoms with van der Waals surface area (Å²) in [6, 6.07) is 12.4. The zero-order valence-corrected chi connectivity index (χ0v) is 16.2. The molecule has 0 saturated heterocycles. The lowest BCUT2D eigenvalue weighted by Crippen LogP contribution is -2.39. The SMILES string of the molecule is CCOC(=O)C1=C(C)N=c2s/c(=C/c3ccco3)c(=O)n2[C@H]1c1ccccc1. The van der Waals surface area contributed by atoms with Crippen LogP contribution in [0.25, 0.3) is 6.08 Å². The molecule has 7 heteroatoms. The standard InChI is InChI=1S/C21H18N2O4S/c1-3-26-20(25)17-13(2)22-21-23(18(17)14-8-5-4-6-9-14)19(24)16(28-21)12-15-10-7-11-27-15/h4-12,18H,3H2,1-2H3/b16-12+/t18-/m0/s1. The molecule has 3 heterocycles. The van der Waals surface area contributed by atoms with E-state index in [2.05, 4.69) is 4.99 Å². The maximum absolute atomic E-state index is 13.2. The van der Waals surface area contributed by atoms with Crippen molar-refractivity contribution in [2.75, 3.05) is 6.61 Å². The van der Waals surface area contributed by atoms with Crippen LogP contribution in [0.4, 0.5) is 0 Å². The van der Waals surface area contributed by atoms with Gasteiger partial charge >= 0.3 is 5.97 Å². The van der Waals surface area contributed by atoms with Crippen molar-refractivity contribution < 1.29 is 13.9 Å². The number of nitrogens with zero attached hydrogens (tertiary/aromatic N) is 2. The highest BCUT2D eigenvalue weighted by molar-refractivity contribution is 7.07. The van der Waals surface area contributed by atoms with E-state index >= 15 is 0 Å². The molecule has 1 aliphatic heterocycles. The van der Waals surface area contributed by atoms with E-state index in [1.807, 2.05) is 30.3 Å². The Balaban J connectivity index is 1.97. The van der Waals surface area contributed by atoms with Crippen molar-refractivity contribution in [1.29, 1.82) is 0 Å². The molecule has 0 fully saturated rings. The first-order valence-electron chi connectivity index (χ1n) is 8.88. The number of allylic oxidation sites excluding steroid dienone is 1. The monoisotopic (exact) mass is 394 g/mol. The number of carbonyl (C=O) groups excluding carboxylic acids is 1. The average Bonchev–Trinajstić information content (AvgIpc) is 3.30. The molecular weight excluding hydrogens is 376 g/mol. The minimum atomic E-state index is -0.588. The Hall–Kier alpha value is -3.19. The normalized spacial score (nSPS) is 16.6. The fourth-order valence-corrected chi connectivity index (χ4v) is 4.27. The molecule has 3 aromatic rings. The first-order valence-corrected chi connectivity index (χ1v) is 9.70. The van der Waals surface area contributed by atoms with Gasteiger partial charge in [-0.15, -0.1) is 0 Å². The largest absolute Gasteiger partial charge is 0.465 e. The first kappa shape index (κ1) is 18.2. The smallest absolute Gasteiger partial charge is 0.338 e. The zero-order chi connectivity index (χ0) is 19.7. The molecule has 28 heavy (non-hydrogen) atoms. The molecule has 0 N–H and O–H groups in total. The van der Waals surface area contributed by atoms with Gasteiger partial charge in [0.1, 0.15) is 5.76 Å². The second-order valence-electron chi connectivity index (χ2n) is 6.23. The molecule has 0 amide bonds. The van der Waals surface area contributed by atoms with Crippen LogP contribution in [0.5, 0.6) is 0 Å². The van der Waals surface area contributed by atoms with Gasteiger partial charge in [0.05, 0.1) is 34.7 Å². The van der Waals surface area contributed by atoms with Gasteiger partial charge in [-0.1, -0.05) is 41.7 Å². The Labute approximate surface area is 164 Å². The third-order valence-corrected chi connectivity index (χ3v) is 5.43. The number of rotatable bonds is 4. The van der Waals surface area contributed by atoms with E-state index in [4.69, 9.17) is 9.15 Å². The van der Waals surface area contributed by atoms with Crippen LogP contribution in [0.3, 0.4) is 0 Å². The summed E-state index contributed by atoms with van der Waals surface area (Å²) in [5.41, 5.74) is 1.54. The molecule has 0 aliphatic carbocycles. The van der Waals surface area contributed by atoms with Gasteiger partial charge in [0.15, 0.2) is 4.80 Å². The summed E-state index contributed by atoms with van der Waals surface area (Å²) in [6.45, 7) is 3.77. The summed E-state index contributed by atoms with van der Waals surface area (Å²) in [6.07, 6.45) is 3.24. The van der Waals surface area contributed by atoms with Gasteiger partial charge in [-0.25, -0.2) is 9.79 Å². The van der Waals surface area contributed by atoms with E-state index in [1.54, 1.807) is 42.9 Å². The molecule has 142 valence electrons. The Kier molecular flexibility index (Phi) is 4.83. The minimum Gasteiger partial charge on any atom is -0.465 e. The summed E-state index contributed by atoms with van der Waals surface area (Å²) in [5, 5.41) is 0. The van der Waals surface area contributed by atoms with E-state index in [0.717, 1.165) is 5.56 Å². The van der Waals surface area contributed by atoms with E-state index in [-0.39, 0.29) is 12.2 Å². The van der Waals surface area contributed by atoms with Gasteiger partial charge in [0.2, 0.25) is 0 Å². The molecule has 0 radical (unpaired) electrons. The lowest BCUT2D eigenvalue weighted by Gasteiger charge is -2.24. The van der Waals surface area contributed by atoms with Crippen LogP contribution >= 0.6 is 11.3 Å². The van der Waals surface area contributed by atoms with E-state index in [1.165, 1.54) is 11.3 Å². The van der Waals surface area contributed by atoms with E-state index < -0.39 is 12.0 Å². The maximum Gasteiger partial charge on any atom is 0.338 e. The van der Waals surface area contributed by atoms with Gasteiger partial charge in [0.25, 0.3) is 5.56 Å². The van der Waals surface area contributed by atoms with Crippen LogP contribution < -0.4 is 14.9 Å². The molecule has 1 atom stereocenters. The second kappa shape index (κ2) is 7.44. The van der Waals surface area contributed by atoms with Crippen molar-refractivity contribution in [3.63, 3.8) is 0 Å². The number of esters is 1. The number of furan rings is 1. The molecule has 0 spiro atoms. The van der Waals surface area contributed by atoms with Crippen LogP contribution in [0.1, 0.15) is 31.2 Å². The lowest BCUT2D eigenvalue weighted by molar-refractivity contribution is -0.139. The first-order chi connectivity index (χ1) is 13.6. The van der Waals surface area contributed by atoms with Crippen LogP contribution in [0, 0.1) is 0 Å². The van der Waals surface area contributed by atoms with Gasteiger partial charge in [-0.2, -0.15) is 0 Å². The van der Waals surface area contributed by atoms with Crippen LogP contribution in [-0.4, -0.2) is 17.1 Å². The second-order valence-corrected chi connectivity index (χ2v) is 7.24. The van der Waals surface area contributed by atoms with Crippen molar-refractivity contribution in [1.82, 2.24) is 4.57 Å². The topological polar surface area (TPSA) is 73.8 Å². The number of hydrogen-bond acceptors (Lipinski definition) is 6. The number of ether oxygens (including phenoxy) is 1. The number of hydrogen-bond donors (Lipinski definition) is 0. The van der Waals surface area contributed by atoms with Crippen LogP contribution in [0.2, 0.25) is 0 Å². The molecule has 6 nitrogen and oxygen atoms in total. The summed E-state index contributed by atoms with van der Waals surface area (Å²) < 4.78 is 12.7. The van der Waals surface area contributed by atoms with Crippen LogP contribution in [-0.2, 0) is 9.53 Å². The molecule has 0 unspecified atom stereocenters. The highest BCUT2D eigenvalue weighted by atomic mass is 32.1. The van der Waals surface area contributed by atoms with Crippen molar-refractivity contribution in [2.24, 2.45) is 4.99 Å². The predicted octanol–water partition coefficient (Wildman–Crippen LogP) is 2.39. The summed E-state index contributed by atoms with van der Waals surface area (Å²) >= 11 is 1.27. The minimum absolute atomic E-state index is 0.219. The number of benzene rings is 1. The Morgan fingerprint density at radius 3 is 2.75 bits per heavy atom. The number of fused-ring (bicyclic) bond motifs is 1. The summed E-state index contributed by atoms with van der Waals surface area (Å²) in [7, 11) is 0. The Morgan fingerprint density at radius 2 is 2.07 bits per heavy atom. The highest BCUT2D eigenvalue weighted by Gasteiger charge is 2.33. The third kappa shape index (κ3) is 3.14. The predicted molar refractivity (Wildman–Crippen MR) is 106 cm³/mol. The van der Waals surface area contributed by atoms with Crippen molar-refractivity contribution in [3.05, 3.63) is 91.0 Å². The van der Waals surface area contributed by atoms with E-state index in [0.29, 0.717) is 26.4 Å². The van der Waals surface area contributed by atoms with Gasteiger partial charge in [-0.05, 0) is 31.5 Å². The summed E-state index contributed by atoms with van der Waals surface area (Å²) in [4.78, 5) is 31.0. The van der Waals surface area contributed by atoms with Crippen molar-refractivity contribution >= 4 is 23.4 Å². The van der Waals surface area contributed by atoms with E-state index in [9.17, 15) is 9.59 Å². The zero-order valence-electron chi connectivity index (χ0n) is 15.4. The fraction of sp³-hybridized carbons (Fsp3) is 0.190. The number of carbonyl (C=O) groups is 1. The Bertz CT molecular complexity index is 1220. The quantitative estimate of drug-likeness (QED) is 0.637. The number of aromatic nitrogens is 1. The van der Waals surface area contributed by atoms with Gasteiger partial charge in [-0.3, -0.25) is 9.36 Å². The molecule has 1 aliphatic rings. The number of thiazole rings is 1. The average molecular weight is 394 g/mol. The molecule has 2 aromatic heterocycles. The third-order valence-electron chi connectivity index (χ3n) is 4.45. The molecule has 0 saturated carbocycles. The van der Waals surface area contributed by atoms with Crippen molar-refractivity contribution in [2.45, 2.75) is 19.9 Å². The molecule has 4 rings (SSSR count). The lowest BCUT2D eigenvalue weighted by atomic mass is 9.96.